The van der Waals surface area contributed by atoms with Gasteiger partial charge in [0, 0.05) is 32.2 Å². The summed E-state index contributed by atoms with van der Waals surface area (Å²) in [7, 11) is 0. The fourth-order valence-electron chi connectivity index (χ4n) is 2.16. The molecule has 0 bridgehead atoms. The first-order valence-electron chi connectivity index (χ1n) is 6.65. The Kier molecular flexibility index (Phi) is 5.76. The molecule has 0 saturated carbocycles. The largest absolute Gasteiger partial charge is 0.379 e. The monoisotopic (exact) mass is 330 g/mol. The molecule has 3 nitrogen and oxygen atoms in total. The topological polar surface area (TPSA) is 24.5 Å². The van der Waals surface area contributed by atoms with Crippen molar-refractivity contribution in [3.8, 4) is 0 Å². The van der Waals surface area contributed by atoms with Gasteiger partial charge in [-0.15, -0.1) is 0 Å². The first-order valence-corrected chi connectivity index (χ1v) is 7.44. The molecule has 1 unspecified atom stereocenters. The third kappa shape index (κ3) is 4.53. The Hall–Kier alpha value is -0.490. The normalized spacial score (nSPS) is 18.5. The van der Waals surface area contributed by atoms with E-state index < -0.39 is 0 Å². The van der Waals surface area contributed by atoms with Crippen LogP contribution in [-0.2, 0) is 4.74 Å². The number of halogens is 2. The lowest BCUT2D eigenvalue weighted by atomic mass is 10.1. The van der Waals surface area contributed by atoms with Crippen LogP contribution in [-0.4, -0.2) is 44.3 Å². The van der Waals surface area contributed by atoms with Crippen molar-refractivity contribution in [3.05, 3.63) is 34.1 Å². The highest BCUT2D eigenvalue weighted by atomic mass is 79.9. The van der Waals surface area contributed by atoms with Gasteiger partial charge in [-0.25, -0.2) is 4.39 Å². The van der Waals surface area contributed by atoms with E-state index in [4.69, 9.17) is 4.74 Å². The highest BCUT2D eigenvalue weighted by Crippen LogP contribution is 2.21. The fraction of sp³-hybridized carbons (Fsp3) is 0.571. The Balaban J connectivity index is 1.76. The van der Waals surface area contributed by atoms with Crippen LogP contribution in [0.25, 0.3) is 0 Å². The molecule has 1 N–H and O–H groups in total. The van der Waals surface area contributed by atoms with Gasteiger partial charge < -0.3 is 10.1 Å². The quantitative estimate of drug-likeness (QED) is 0.898. The van der Waals surface area contributed by atoms with E-state index >= 15 is 0 Å². The van der Waals surface area contributed by atoms with E-state index in [2.05, 4.69) is 33.1 Å². The highest BCUT2D eigenvalue weighted by molar-refractivity contribution is 9.10. The number of nitrogens with one attached hydrogen (secondary N) is 1. The predicted octanol–water partition coefficient (Wildman–Crippen LogP) is 2.57. The highest BCUT2D eigenvalue weighted by Gasteiger charge is 2.11. The van der Waals surface area contributed by atoms with E-state index in [1.165, 1.54) is 6.07 Å². The maximum absolute atomic E-state index is 13.2. The number of rotatable bonds is 5. The predicted molar refractivity (Wildman–Crippen MR) is 77.8 cm³/mol. The number of hydrogen-bond donors (Lipinski definition) is 1. The SMILES string of the molecule is CC(NCCN1CCOCC1)c1ccc(F)c(Br)c1. The molecule has 5 heteroatoms. The number of hydrogen-bond acceptors (Lipinski definition) is 3. The average molecular weight is 331 g/mol. The standard InChI is InChI=1S/C14H20BrFN2O/c1-11(12-2-3-14(16)13(15)10-12)17-4-5-18-6-8-19-9-7-18/h2-3,10-11,17H,4-9H2,1H3. The summed E-state index contributed by atoms with van der Waals surface area (Å²) in [6.45, 7) is 7.74. The molecule has 0 amide bonds. The van der Waals surface area contributed by atoms with Crippen LogP contribution in [0.3, 0.4) is 0 Å². The molecule has 1 heterocycles. The van der Waals surface area contributed by atoms with E-state index in [1.807, 2.05) is 12.1 Å². The van der Waals surface area contributed by atoms with E-state index in [1.54, 1.807) is 0 Å². The van der Waals surface area contributed by atoms with Crippen LogP contribution in [0, 0.1) is 5.82 Å². The summed E-state index contributed by atoms with van der Waals surface area (Å²) in [6.07, 6.45) is 0. The van der Waals surface area contributed by atoms with Crippen molar-refractivity contribution in [2.24, 2.45) is 0 Å². The van der Waals surface area contributed by atoms with Crippen LogP contribution in [0.5, 0.6) is 0 Å². The zero-order valence-corrected chi connectivity index (χ0v) is 12.7. The van der Waals surface area contributed by atoms with E-state index in [-0.39, 0.29) is 11.9 Å². The summed E-state index contributed by atoms with van der Waals surface area (Å²) < 4.78 is 19.0. The molecule has 1 fully saturated rings. The third-order valence-corrected chi connectivity index (χ3v) is 4.03. The Bertz CT molecular complexity index is 410. The summed E-state index contributed by atoms with van der Waals surface area (Å²) in [5.74, 6) is -0.218. The molecule has 2 rings (SSSR count). The van der Waals surface area contributed by atoms with E-state index in [0.29, 0.717) is 4.47 Å². The Morgan fingerprint density at radius 1 is 1.42 bits per heavy atom. The van der Waals surface area contributed by atoms with Crippen molar-refractivity contribution in [2.45, 2.75) is 13.0 Å². The van der Waals surface area contributed by atoms with Crippen molar-refractivity contribution in [1.82, 2.24) is 10.2 Å². The van der Waals surface area contributed by atoms with Crippen molar-refractivity contribution in [3.63, 3.8) is 0 Å². The molecule has 106 valence electrons. The van der Waals surface area contributed by atoms with Crippen LogP contribution >= 0.6 is 15.9 Å². The molecular formula is C14H20BrFN2O. The summed E-state index contributed by atoms with van der Waals surface area (Å²) in [5, 5.41) is 3.47. The molecule has 19 heavy (non-hydrogen) atoms. The van der Waals surface area contributed by atoms with Crippen molar-refractivity contribution < 1.29 is 9.13 Å². The first kappa shape index (κ1) is 14.9. The van der Waals surface area contributed by atoms with Crippen molar-refractivity contribution in [2.75, 3.05) is 39.4 Å². The lowest BCUT2D eigenvalue weighted by molar-refractivity contribution is 0.0382. The maximum Gasteiger partial charge on any atom is 0.137 e. The van der Waals surface area contributed by atoms with Gasteiger partial charge in [0.25, 0.3) is 0 Å². The van der Waals surface area contributed by atoms with Gasteiger partial charge in [0.1, 0.15) is 5.82 Å². The molecule has 0 spiro atoms. The minimum absolute atomic E-state index is 0.218. The van der Waals surface area contributed by atoms with Crippen LogP contribution in [0.15, 0.2) is 22.7 Å². The number of benzene rings is 1. The average Bonchev–Trinajstić information content (AvgIpc) is 2.43. The van der Waals surface area contributed by atoms with Crippen LogP contribution in [0.1, 0.15) is 18.5 Å². The van der Waals surface area contributed by atoms with Crippen LogP contribution in [0.4, 0.5) is 4.39 Å². The van der Waals surface area contributed by atoms with Gasteiger partial charge in [-0.05, 0) is 40.5 Å². The zero-order chi connectivity index (χ0) is 13.7. The molecule has 1 aromatic rings. The van der Waals surface area contributed by atoms with Crippen molar-refractivity contribution in [1.29, 1.82) is 0 Å². The Morgan fingerprint density at radius 2 is 2.16 bits per heavy atom. The molecule has 0 radical (unpaired) electrons. The molecular weight excluding hydrogens is 311 g/mol. The van der Waals surface area contributed by atoms with Gasteiger partial charge in [-0.2, -0.15) is 0 Å². The van der Waals surface area contributed by atoms with Crippen molar-refractivity contribution >= 4 is 15.9 Å². The lowest BCUT2D eigenvalue weighted by Crippen LogP contribution is -2.40. The third-order valence-electron chi connectivity index (χ3n) is 3.43. The molecule has 1 aliphatic heterocycles. The second-order valence-corrected chi connectivity index (χ2v) is 5.66. The Morgan fingerprint density at radius 3 is 2.84 bits per heavy atom. The zero-order valence-electron chi connectivity index (χ0n) is 11.2. The summed E-state index contributed by atoms with van der Waals surface area (Å²) >= 11 is 3.22. The number of ether oxygens (including phenoxy) is 1. The van der Waals surface area contributed by atoms with Gasteiger partial charge in [0.05, 0.1) is 17.7 Å². The minimum atomic E-state index is -0.218. The van der Waals surface area contributed by atoms with Gasteiger partial charge in [0.15, 0.2) is 0 Å². The van der Waals surface area contributed by atoms with Gasteiger partial charge in [0.2, 0.25) is 0 Å². The molecule has 1 atom stereocenters. The Labute approximate surface area is 122 Å². The first-order chi connectivity index (χ1) is 9.16. The lowest BCUT2D eigenvalue weighted by Gasteiger charge is -2.27. The molecule has 0 aliphatic carbocycles. The van der Waals surface area contributed by atoms with Crippen LogP contribution in [0.2, 0.25) is 0 Å². The van der Waals surface area contributed by atoms with Gasteiger partial charge in [-0.1, -0.05) is 6.07 Å². The second kappa shape index (κ2) is 7.33. The number of nitrogens with zero attached hydrogens (tertiary/aromatic N) is 1. The van der Waals surface area contributed by atoms with E-state index in [9.17, 15) is 4.39 Å². The second-order valence-electron chi connectivity index (χ2n) is 4.80. The molecule has 0 aromatic heterocycles. The minimum Gasteiger partial charge on any atom is -0.379 e. The fourth-order valence-corrected chi connectivity index (χ4v) is 2.56. The summed E-state index contributed by atoms with van der Waals surface area (Å²) in [6, 6.07) is 5.38. The molecule has 1 aliphatic rings. The molecule has 1 saturated heterocycles. The van der Waals surface area contributed by atoms with Gasteiger partial charge in [-0.3, -0.25) is 4.90 Å². The van der Waals surface area contributed by atoms with Gasteiger partial charge >= 0.3 is 0 Å². The number of morpholine rings is 1. The summed E-state index contributed by atoms with van der Waals surface area (Å²) in [4.78, 5) is 2.39. The van der Waals surface area contributed by atoms with E-state index in [0.717, 1.165) is 45.0 Å². The van der Waals surface area contributed by atoms with Crippen LogP contribution < -0.4 is 5.32 Å². The smallest absolute Gasteiger partial charge is 0.137 e. The summed E-state index contributed by atoms with van der Waals surface area (Å²) in [5.41, 5.74) is 1.09. The maximum atomic E-state index is 13.2. The molecule has 1 aromatic carbocycles.